The average molecular weight is 247 g/mol. The third-order valence-electron chi connectivity index (χ3n) is 3.38. The minimum atomic E-state index is -0.340. The zero-order chi connectivity index (χ0) is 12.5. The standard InChI is InChI=1S/C13H14FN3O/c14-11-4-2-1-3-10(11)12-16-13(18-17-12)8-5-6-9(15)7-8/h1-4,8-9H,5-7,15H2. The quantitative estimate of drug-likeness (QED) is 0.885. The molecule has 1 heterocycles. The van der Waals surface area contributed by atoms with Gasteiger partial charge < -0.3 is 10.3 Å². The summed E-state index contributed by atoms with van der Waals surface area (Å²) >= 11 is 0. The molecule has 1 aliphatic carbocycles. The molecule has 0 bridgehead atoms. The first-order valence-corrected chi connectivity index (χ1v) is 6.08. The minimum Gasteiger partial charge on any atom is -0.339 e. The lowest BCUT2D eigenvalue weighted by Crippen LogP contribution is -2.14. The summed E-state index contributed by atoms with van der Waals surface area (Å²) in [4.78, 5) is 4.28. The molecule has 2 N–H and O–H groups in total. The molecule has 5 heteroatoms. The van der Waals surface area contributed by atoms with Crippen molar-refractivity contribution in [2.45, 2.75) is 31.2 Å². The van der Waals surface area contributed by atoms with Crippen molar-refractivity contribution in [2.75, 3.05) is 0 Å². The lowest BCUT2D eigenvalue weighted by atomic mass is 10.1. The summed E-state index contributed by atoms with van der Waals surface area (Å²) in [6.07, 6.45) is 2.79. The summed E-state index contributed by atoms with van der Waals surface area (Å²) in [6, 6.07) is 6.62. The summed E-state index contributed by atoms with van der Waals surface area (Å²) in [6.45, 7) is 0. The van der Waals surface area contributed by atoms with Crippen molar-refractivity contribution in [2.24, 2.45) is 5.73 Å². The number of rotatable bonds is 2. The van der Waals surface area contributed by atoms with Gasteiger partial charge in [-0.15, -0.1) is 0 Å². The lowest BCUT2D eigenvalue weighted by molar-refractivity contribution is 0.353. The van der Waals surface area contributed by atoms with Gasteiger partial charge in [-0.05, 0) is 31.4 Å². The zero-order valence-electron chi connectivity index (χ0n) is 9.84. The van der Waals surface area contributed by atoms with Crippen molar-refractivity contribution in [3.8, 4) is 11.4 Å². The topological polar surface area (TPSA) is 64.9 Å². The van der Waals surface area contributed by atoms with Crippen molar-refractivity contribution in [1.29, 1.82) is 0 Å². The maximum Gasteiger partial charge on any atom is 0.230 e. The van der Waals surface area contributed by atoms with E-state index in [1.807, 2.05) is 0 Å². The van der Waals surface area contributed by atoms with Gasteiger partial charge in [-0.25, -0.2) is 4.39 Å². The fraction of sp³-hybridized carbons (Fsp3) is 0.385. The Morgan fingerprint density at radius 2 is 2.11 bits per heavy atom. The Kier molecular flexibility index (Phi) is 2.83. The van der Waals surface area contributed by atoms with Crippen molar-refractivity contribution >= 4 is 0 Å². The van der Waals surface area contributed by atoms with E-state index in [9.17, 15) is 4.39 Å². The maximum atomic E-state index is 13.6. The van der Waals surface area contributed by atoms with Gasteiger partial charge in [0.1, 0.15) is 5.82 Å². The molecule has 1 aliphatic rings. The third-order valence-corrected chi connectivity index (χ3v) is 3.38. The number of benzene rings is 1. The zero-order valence-corrected chi connectivity index (χ0v) is 9.84. The molecule has 1 aromatic heterocycles. The number of halogens is 1. The molecule has 0 aliphatic heterocycles. The molecule has 1 saturated carbocycles. The SMILES string of the molecule is NC1CCC(c2nc(-c3ccccc3F)no2)C1. The van der Waals surface area contributed by atoms with E-state index >= 15 is 0 Å². The Morgan fingerprint density at radius 3 is 2.83 bits per heavy atom. The van der Waals surface area contributed by atoms with Crippen molar-refractivity contribution in [1.82, 2.24) is 10.1 Å². The highest BCUT2D eigenvalue weighted by atomic mass is 19.1. The molecule has 0 saturated heterocycles. The predicted octanol–water partition coefficient (Wildman–Crippen LogP) is 2.47. The molecule has 0 radical (unpaired) electrons. The van der Waals surface area contributed by atoms with E-state index in [-0.39, 0.29) is 17.8 Å². The van der Waals surface area contributed by atoms with Gasteiger partial charge in [0.25, 0.3) is 0 Å². The summed E-state index contributed by atoms with van der Waals surface area (Å²) in [5.41, 5.74) is 6.22. The van der Waals surface area contributed by atoms with Crippen LogP contribution in [-0.2, 0) is 0 Å². The minimum absolute atomic E-state index is 0.207. The molecule has 2 unspecified atom stereocenters. The smallest absolute Gasteiger partial charge is 0.230 e. The van der Waals surface area contributed by atoms with Crippen LogP contribution < -0.4 is 5.73 Å². The Balaban J connectivity index is 1.88. The number of aromatic nitrogens is 2. The number of nitrogens with zero attached hydrogens (tertiary/aromatic N) is 2. The predicted molar refractivity (Wildman–Crippen MR) is 64.3 cm³/mol. The highest BCUT2D eigenvalue weighted by Crippen LogP contribution is 2.33. The highest BCUT2D eigenvalue weighted by molar-refractivity contribution is 5.54. The van der Waals surface area contributed by atoms with E-state index in [4.69, 9.17) is 10.3 Å². The normalized spacial score (nSPS) is 23.4. The molecule has 0 spiro atoms. The van der Waals surface area contributed by atoms with Crippen LogP contribution in [0.2, 0.25) is 0 Å². The third kappa shape index (κ3) is 2.01. The van der Waals surface area contributed by atoms with Gasteiger partial charge in [0.15, 0.2) is 0 Å². The summed E-state index contributed by atoms with van der Waals surface area (Å²) in [7, 11) is 0. The van der Waals surface area contributed by atoms with Crippen LogP contribution in [0.25, 0.3) is 11.4 Å². The molecule has 0 amide bonds. The van der Waals surface area contributed by atoms with E-state index in [1.165, 1.54) is 6.07 Å². The van der Waals surface area contributed by atoms with E-state index in [1.54, 1.807) is 18.2 Å². The van der Waals surface area contributed by atoms with Gasteiger partial charge >= 0.3 is 0 Å². The van der Waals surface area contributed by atoms with Gasteiger partial charge in [0.05, 0.1) is 5.56 Å². The van der Waals surface area contributed by atoms with E-state index in [0.29, 0.717) is 17.3 Å². The first-order chi connectivity index (χ1) is 8.74. The summed E-state index contributed by atoms with van der Waals surface area (Å²) in [5.74, 6) is 0.755. The van der Waals surface area contributed by atoms with Crippen LogP contribution >= 0.6 is 0 Å². The molecule has 3 rings (SSSR count). The molecular formula is C13H14FN3O. The fourth-order valence-corrected chi connectivity index (χ4v) is 2.39. The Hall–Kier alpha value is -1.75. The summed E-state index contributed by atoms with van der Waals surface area (Å²) in [5, 5.41) is 3.85. The maximum absolute atomic E-state index is 13.6. The first kappa shape index (κ1) is 11.3. The number of nitrogens with two attached hydrogens (primary N) is 1. The Morgan fingerprint density at radius 1 is 1.28 bits per heavy atom. The van der Waals surface area contributed by atoms with Crippen molar-refractivity contribution in [3.63, 3.8) is 0 Å². The first-order valence-electron chi connectivity index (χ1n) is 6.08. The number of hydrogen-bond acceptors (Lipinski definition) is 4. The van der Waals surface area contributed by atoms with Crippen LogP contribution in [0.5, 0.6) is 0 Å². The second-order valence-electron chi connectivity index (χ2n) is 4.71. The van der Waals surface area contributed by atoms with Gasteiger partial charge in [0, 0.05) is 12.0 Å². The van der Waals surface area contributed by atoms with Crippen LogP contribution in [0.1, 0.15) is 31.1 Å². The van der Waals surface area contributed by atoms with Crippen LogP contribution in [0.3, 0.4) is 0 Å². The van der Waals surface area contributed by atoms with E-state index < -0.39 is 0 Å². The molecule has 2 atom stereocenters. The van der Waals surface area contributed by atoms with Crippen LogP contribution in [0, 0.1) is 5.82 Å². The molecule has 2 aromatic rings. The van der Waals surface area contributed by atoms with Crippen LogP contribution in [0.15, 0.2) is 28.8 Å². The Bertz CT molecular complexity index is 555. The average Bonchev–Trinajstić information content (AvgIpc) is 2.98. The lowest BCUT2D eigenvalue weighted by Gasteiger charge is -2.01. The van der Waals surface area contributed by atoms with Crippen molar-refractivity contribution < 1.29 is 8.91 Å². The largest absolute Gasteiger partial charge is 0.339 e. The second-order valence-corrected chi connectivity index (χ2v) is 4.71. The highest BCUT2D eigenvalue weighted by Gasteiger charge is 2.28. The van der Waals surface area contributed by atoms with Crippen LogP contribution in [0.4, 0.5) is 4.39 Å². The Labute approximate surface area is 104 Å². The molecule has 1 aromatic carbocycles. The van der Waals surface area contributed by atoms with Crippen LogP contribution in [-0.4, -0.2) is 16.2 Å². The fourth-order valence-electron chi connectivity index (χ4n) is 2.39. The molecule has 94 valence electrons. The molecule has 1 fully saturated rings. The number of hydrogen-bond donors (Lipinski definition) is 1. The van der Waals surface area contributed by atoms with Gasteiger partial charge in [0.2, 0.25) is 11.7 Å². The second kappa shape index (κ2) is 4.49. The molecule has 4 nitrogen and oxygen atoms in total. The van der Waals surface area contributed by atoms with Gasteiger partial charge in [-0.1, -0.05) is 17.3 Å². The molecular weight excluding hydrogens is 233 g/mol. The monoisotopic (exact) mass is 247 g/mol. The molecule has 18 heavy (non-hydrogen) atoms. The summed E-state index contributed by atoms with van der Waals surface area (Å²) < 4.78 is 18.8. The van der Waals surface area contributed by atoms with E-state index in [0.717, 1.165) is 19.3 Å². The van der Waals surface area contributed by atoms with Gasteiger partial charge in [-0.2, -0.15) is 4.98 Å². The van der Waals surface area contributed by atoms with Gasteiger partial charge in [-0.3, -0.25) is 0 Å². The van der Waals surface area contributed by atoms with E-state index in [2.05, 4.69) is 10.1 Å². The van der Waals surface area contributed by atoms with Crippen molar-refractivity contribution in [3.05, 3.63) is 36.0 Å².